The summed E-state index contributed by atoms with van der Waals surface area (Å²) in [5.74, 6) is 0.746. The summed E-state index contributed by atoms with van der Waals surface area (Å²) >= 11 is 0. The molecule has 5 nitrogen and oxygen atoms in total. The molecule has 5 heteroatoms. The van der Waals surface area contributed by atoms with E-state index in [4.69, 9.17) is 9.68 Å². The third kappa shape index (κ3) is 2.55. The molecule has 0 amide bonds. The minimum atomic E-state index is 0.238. The zero-order valence-electron chi connectivity index (χ0n) is 9.97. The predicted molar refractivity (Wildman–Crippen MR) is 67.5 cm³/mol. The van der Waals surface area contributed by atoms with Crippen LogP contribution in [0.25, 0.3) is 5.57 Å². The van der Waals surface area contributed by atoms with Crippen LogP contribution in [-0.4, -0.2) is 9.97 Å². The number of nitrogens with one attached hydrogen (secondary N) is 1. The number of rotatable bonds is 4. The first-order valence-corrected chi connectivity index (χ1v) is 5.40. The van der Waals surface area contributed by atoms with Gasteiger partial charge < -0.3 is 9.73 Å². The molecule has 0 saturated heterocycles. The lowest BCUT2D eigenvalue weighted by molar-refractivity contribution is 0.553. The van der Waals surface area contributed by atoms with Gasteiger partial charge in [-0.25, -0.2) is 0 Å². The molecule has 0 atom stereocenters. The van der Waals surface area contributed by atoms with Gasteiger partial charge >= 0.3 is 0 Å². The number of pyridine rings is 1. The first-order valence-electron chi connectivity index (χ1n) is 5.40. The summed E-state index contributed by atoms with van der Waals surface area (Å²) in [5.41, 5.74) is 1.97. The Balaban J connectivity index is 2.14. The van der Waals surface area contributed by atoms with E-state index in [1.54, 1.807) is 19.3 Å². The van der Waals surface area contributed by atoms with E-state index in [1.165, 1.54) is 0 Å². The van der Waals surface area contributed by atoms with Gasteiger partial charge in [-0.15, -0.1) is 0 Å². The lowest BCUT2D eigenvalue weighted by atomic mass is 10.3. The van der Waals surface area contributed by atoms with Crippen LogP contribution in [0.1, 0.15) is 24.1 Å². The summed E-state index contributed by atoms with van der Waals surface area (Å²) in [5, 5.41) is 12.0. The summed E-state index contributed by atoms with van der Waals surface area (Å²) < 4.78 is 5.43. The number of nitriles is 1. The Hall–Kier alpha value is -2.61. The molecule has 2 aromatic heterocycles. The largest absolute Gasteiger partial charge is 0.420 e. The van der Waals surface area contributed by atoms with E-state index in [1.807, 2.05) is 18.2 Å². The minimum Gasteiger partial charge on any atom is -0.420 e. The van der Waals surface area contributed by atoms with Crippen molar-refractivity contribution in [2.75, 3.05) is 5.32 Å². The molecule has 0 aliphatic rings. The lowest BCUT2D eigenvalue weighted by Crippen LogP contribution is -1.99. The van der Waals surface area contributed by atoms with Gasteiger partial charge in [-0.05, 0) is 24.6 Å². The highest BCUT2D eigenvalue weighted by molar-refractivity contribution is 5.57. The Kier molecular flexibility index (Phi) is 3.39. The van der Waals surface area contributed by atoms with Crippen molar-refractivity contribution in [3.63, 3.8) is 0 Å². The molecule has 2 rings (SSSR count). The third-order valence-corrected chi connectivity index (χ3v) is 2.30. The second-order valence-corrected chi connectivity index (χ2v) is 3.80. The van der Waals surface area contributed by atoms with E-state index in [2.05, 4.69) is 21.9 Å². The summed E-state index contributed by atoms with van der Waals surface area (Å²) in [6, 6.07) is 5.75. The Bertz CT molecular complexity index is 595. The maximum Gasteiger partial charge on any atom is 0.232 e. The average Bonchev–Trinajstić information content (AvgIpc) is 2.81. The summed E-state index contributed by atoms with van der Waals surface area (Å²) in [6.45, 7) is 6.05. The monoisotopic (exact) mass is 240 g/mol. The molecule has 0 spiro atoms. The van der Waals surface area contributed by atoms with Crippen molar-refractivity contribution in [2.24, 2.45) is 0 Å². The van der Waals surface area contributed by atoms with E-state index >= 15 is 0 Å². The van der Waals surface area contributed by atoms with Gasteiger partial charge in [-0.2, -0.15) is 10.2 Å². The van der Waals surface area contributed by atoms with Crippen LogP contribution in [0.2, 0.25) is 0 Å². The molecule has 0 aliphatic heterocycles. The van der Waals surface area contributed by atoms with Crippen molar-refractivity contribution >= 4 is 11.5 Å². The van der Waals surface area contributed by atoms with Gasteiger partial charge in [0, 0.05) is 24.5 Å². The maximum absolute atomic E-state index is 8.96. The quantitative estimate of drug-likeness (QED) is 0.888. The summed E-state index contributed by atoms with van der Waals surface area (Å²) in [7, 11) is 0. The fourth-order valence-corrected chi connectivity index (χ4v) is 1.38. The Morgan fingerprint density at radius 1 is 1.50 bits per heavy atom. The van der Waals surface area contributed by atoms with Crippen molar-refractivity contribution in [3.8, 4) is 6.07 Å². The molecule has 90 valence electrons. The Labute approximate surface area is 105 Å². The fourth-order valence-electron chi connectivity index (χ4n) is 1.38. The number of hydrogen-bond donors (Lipinski definition) is 1. The molecule has 0 bridgehead atoms. The van der Waals surface area contributed by atoms with Crippen LogP contribution >= 0.6 is 0 Å². The highest BCUT2D eigenvalue weighted by Gasteiger charge is 2.12. The minimum absolute atomic E-state index is 0.238. The number of oxazole rings is 1. The molecule has 0 aliphatic carbocycles. The van der Waals surface area contributed by atoms with Crippen LogP contribution in [0.5, 0.6) is 0 Å². The standard InChI is InChI=1S/C13H12N4O/c1-9(2)12-17-11(7-14)13(18-12)16-8-10-3-5-15-6-4-10/h3-6,16H,1,8H2,2H3. The van der Waals surface area contributed by atoms with Gasteiger partial charge in [0.15, 0.2) is 0 Å². The molecule has 1 N–H and O–H groups in total. The van der Waals surface area contributed by atoms with E-state index < -0.39 is 0 Å². The summed E-state index contributed by atoms with van der Waals surface area (Å²) in [4.78, 5) is 7.97. The molecule has 0 unspecified atom stereocenters. The number of nitrogens with zero attached hydrogens (tertiary/aromatic N) is 3. The third-order valence-electron chi connectivity index (χ3n) is 2.30. The fraction of sp³-hybridized carbons (Fsp3) is 0.154. The van der Waals surface area contributed by atoms with E-state index in [-0.39, 0.29) is 5.69 Å². The molecule has 2 heterocycles. The summed E-state index contributed by atoms with van der Waals surface area (Å²) in [6.07, 6.45) is 3.42. The van der Waals surface area contributed by atoms with Gasteiger partial charge in [0.1, 0.15) is 6.07 Å². The number of aromatic nitrogens is 2. The first-order chi connectivity index (χ1) is 8.70. The van der Waals surface area contributed by atoms with Gasteiger partial charge in [0.25, 0.3) is 0 Å². The SMILES string of the molecule is C=C(C)c1nc(C#N)c(NCc2ccncc2)o1. The van der Waals surface area contributed by atoms with Crippen LogP contribution in [0.4, 0.5) is 5.88 Å². The molecule has 0 saturated carbocycles. The van der Waals surface area contributed by atoms with Crippen molar-refractivity contribution in [1.29, 1.82) is 5.26 Å². The lowest BCUT2D eigenvalue weighted by Gasteiger charge is -2.02. The normalized spacial score (nSPS) is 9.78. The Morgan fingerprint density at radius 2 is 2.22 bits per heavy atom. The van der Waals surface area contributed by atoms with Gasteiger partial charge in [-0.1, -0.05) is 6.58 Å². The Morgan fingerprint density at radius 3 is 2.83 bits per heavy atom. The van der Waals surface area contributed by atoms with Crippen molar-refractivity contribution < 1.29 is 4.42 Å². The van der Waals surface area contributed by atoms with Crippen LogP contribution in [0.3, 0.4) is 0 Å². The van der Waals surface area contributed by atoms with Crippen LogP contribution < -0.4 is 5.32 Å². The molecule has 0 fully saturated rings. The van der Waals surface area contributed by atoms with Gasteiger partial charge in [0.05, 0.1) is 0 Å². The zero-order valence-corrected chi connectivity index (χ0v) is 9.97. The van der Waals surface area contributed by atoms with E-state index in [0.29, 0.717) is 23.9 Å². The topological polar surface area (TPSA) is 74.7 Å². The smallest absolute Gasteiger partial charge is 0.232 e. The highest BCUT2D eigenvalue weighted by Crippen LogP contribution is 2.21. The maximum atomic E-state index is 8.96. The highest BCUT2D eigenvalue weighted by atomic mass is 16.4. The molecule has 0 radical (unpaired) electrons. The average molecular weight is 240 g/mol. The predicted octanol–water partition coefficient (Wildman–Crippen LogP) is 2.59. The molecule has 18 heavy (non-hydrogen) atoms. The van der Waals surface area contributed by atoms with E-state index in [0.717, 1.165) is 5.56 Å². The molecular formula is C13H12N4O. The van der Waals surface area contributed by atoms with Crippen LogP contribution in [0.15, 0.2) is 35.5 Å². The van der Waals surface area contributed by atoms with Crippen molar-refractivity contribution in [3.05, 3.63) is 48.3 Å². The van der Waals surface area contributed by atoms with E-state index in [9.17, 15) is 0 Å². The van der Waals surface area contributed by atoms with Crippen molar-refractivity contribution in [2.45, 2.75) is 13.5 Å². The number of anilines is 1. The van der Waals surface area contributed by atoms with Gasteiger partial charge in [0.2, 0.25) is 17.5 Å². The second kappa shape index (κ2) is 5.15. The molecule has 0 aromatic carbocycles. The first kappa shape index (κ1) is 11.9. The second-order valence-electron chi connectivity index (χ2n) is 3.80. The molecular weight excluding hydrogens is 228 g/mol. The van der Waals surface area contributed by atoms with Crippen LogP contribution in [0, 0.1) is 11.3 Å². The number of hydrogen-bond acceptors (Lipinski definition) is 5. The number of allylic oxidation sites excluding steroid dienone is 1. The molecule has 2 aromatic rings. The van der Waals surface area contributed by atoms with Crippen LogP contribution in [-0.2, 0) is 6.54 Å². The van der Waals surface area contributed by atoms with Crippen molar-refractivity contribution in [1.82, 2.24) is 9.97 Å². The zero-order chi connectivity index (χ0) is 13.0. The van der Waals surface area contributed by atoms with Gasteiger partial charge in [-0.3, -0.25) is 4.98 Å².